The molecule has 0 unspecified atom stereocenters. The van der Waals surface area contributed by atoms with Gasteiger partial charge in [-0.25, -0.2) is 24.6 Å². The molecule has 1 aliphatic heterocycles. The zero-order valence-electron chi connectivity index (χ0n) is 18.6. The quantitative estimate of drug-likeness (QED) is 0.515. The number of nitrogens with zero attached hydrogens (tertiary/aromatic N) is 8. The Morgan fingerprint density at radius 2 is 1.89 bits per heavy atom. The molecule has 3 aromatic rings. The van der Waals surface area contributed by atoms with Crippen LogP contribution in [0.2, 0.25) is 0 Å². The minimum absolute atomic E-state index is 0.00944. The highest BCUT2D eigenvalue weighted by Crippen LogP contribution is 2.41. The van der Waals surface area contributed by atoms with E-state index < -0.39 is 11.9 Å². The van der Waals surface area contributed by atoms with Gasteiger partial charge in [-0.15, -0.1) is 5.10 Å². The van der Waals surface area contributed by atoms with E-state index in [4.69, 9.17) is 5.26 Å². The van der Waals surface area contributed by atoms with Crippen molar-refractivity contribution in [3.63, 3.8) is 0 Å². The van der Waals surface area contributed by atoms with Crippen LogP contribution in [0.4, 0.5) is 13.2 Å². The lowest BCUT2D eigenvalue weighted by Crippen LogP contribution is -2.49. The van der Waals surface area contributed by atoms with Gasteiger partial charge in [0.05, 0.1) is 17.6 Å². The molecule has 3 aromatic heterocycles. The average Bonchev–Trinajstić information content (AvgIpc) is 3.59. The normalized spacial score (nSPS) is 16.7. The summed E-state index contributed by atoms with van der Waals surface area (Å²) in [5.74, 6) is -0.0727. The number of carbonyl (C=O) groups is 1. The van der Waals surface area contributed by atoms with Gasteiger partial charge in [0.1, 0.15) is 17.8 Å². The maximum Gasteiger partial charge on any atom is 0.433 e. The van der Waals surface area contributed by atoms with Crippen molar-refractivity contribution in [3.05, 3.63) is 53.6 Å². The van der Waals surface area contributed by atoms with Crippen LogP contribution >= 0.6 is 0 Å². The fraction of sp³-hybridized carbons (Fsp3) is 0.348. The molecular weight excluding hydrogens is 461 g/mol. The van der Waals surface area contributed by atoms with Crippen molar-refractivity contribution >= 4 is 17.7 Å². The molecule has 1 aliphatic carbocycles. The van der Waals surface area contributed by atoms with Crippen molar-refractivity contribution in [2.24, 2.45) is 5.92 Å². The second-order valence-corrected chi connectivity index (χ2v) is 8.57. The highest BCUT2D eigenvalue weighted by atomic mass is 19.4. The minimum atomic E-state index is -4.59. The number of alkyl halides is 3. The van der Waals surface area contributed by atoms with E-state index in [9.17, 15) is 18.0 Å². The number of rotatable bonds is 5. The highest BCUT2D eigenvalue weighted by molar-refractivity contribution is 6.23. The molecule has 178 valence electrons. The summed E-state index contributed by atoms with van der Waals surface area (Å²) < 4.78 is 41.7. The number of nitriles is 1. The van der Waals surface area contributed by atoms with Gasteiger partial charge in [0.25, 0.3) is 5.91 Å². The fourth-order valence-electron chi connectivity index (χ4n) is 3.77. The molecule has 4 heterocycles. The third-order valence-electron chi connectivity index (χ3n) is 5.90. The zero-order valence-corrected chi connectivity index (χ0v) is 18.6. The first-order valence-corrected chi connectivity index (χ1v) is 10.9. The molecule has 0 radical (unpaired) electrons. The predicted octanol–water partition coefficient (Wildman–Crippen LogP) is 3.31. The van der Waals surface area contributed by atoms with Crippen molar-refractivity contribution in [2.75, 3.05) is 13.1 Å². The Labute approximate surface area is 198 Å². The molecule has 0 bridgehead atoms. The monoisotopic (exact) mass is 480 g/mol. The van der Waals surface area contributed by atoms with Crippen LogP contribution in [-0.4, -0.2) is 53.6 Å². The number of halogens is 3. The second kappa shape index (κ2) is 8.57. The van der Waals surface area contributed by atoms with Crippen LogP contribution in [0, 0.1) is 24.2 Å². The fourth-order valence-corrected chi connectivity index (χ4v) is 3.77. The van der Waals surface area contributed by atoms with Gasteiger partial charge in [-0.3, -0.25) is 4.79 Å². The first kappa shape index (κ1) is 22.6. The summed E-state index contributed by atoms with van der Waals surface area (Å²) >= 11 is 0. The molecule has 5 rings (SSSR count). The van der Waals surface area contributed by atoms with E-state index in [0.29, 0.717) is 30.2 Å². The molecule has 0 spiro atoms. The van der Waals surface area contributed by atoms with Crippen LogP contribution in [0.25, 0.3) is 23.2 Å². The number of hydrogen-bond donors (Lipinski definition) is 0. The first-order valence-electron chi connectivity index (χ1n) is 10.9. The summed E-state index contributed by atoms with van der Waals surface area (Å²) in [6, 6.07) is 4.66. The molecule has 9 nitrogen and oxygen atoms in total. The summed E-state index contributed by atoms with van der Waals surface area (Å²) in [4.78, 5) is 30.8. The summed E-state index contributed by atoms with van der Waals surface area (Å²) in [5, 5.41) is 13.4. The molecule has 35 heavy (non-hydrogen) atoms. The number of carbonyl (C=O) groups excluding carboxylic acids is 1. The lowest BCUT2D eigenvalue weighted by molar-refractivity contribution is -0.141. The van der Waals surface area contributed by atoms with Gasteiger partial charge in [0.2, 0.25) is 0 Å². The van der Waals surface area contributed by atoms with Crippen molar-refractivity contribution in [1.29, 1.82) is 5.26 Å². The van der Waals surface area contributed by atoms with E-state index in [-0.39, 0.29) is 34.7 Å². The van der Waals surface area contributed by atoms with Crippen LogP contribution < -0.4 is 0 Å². The van der Waals surface area contributed by atoms with E-state index in [2.05, 4.69) is 31.1 Å². The molecule has 0 N–H and O–H groups in total. The Morgan fingerprint density at radius 1 is 1.17 bits per heavy atom. The lowest BCUT2D eigenvalue weighted by Gasteiger charge is -2.35. The molecule has 1 saturated carbocycles. The number of hydrogen-bond acceptors (Lipinski definition) is 7. The topological polar surface area (TPSA) is 113 Å². The van der Waals surface area contributed by atoms with Gasteiger partial charge in [-0.1, -0.05) is 0 Å². The Bertz CT molecular complexity index is 1350. The number of likely N-dealkylation sites (tertiary alicyclic amines) is 1. The smallest absolute Gasteiger partial charge is 0.336 e. The van der Waals surface area contributed by atoms with Gasteiger partial charge in [-0.05, 0) is 31.9 Å². The standard InChI is InChI=1S/C23H19F3N8O/c1-13-30-21(16-4-19(15-2-3-15)31-20(5-16)23(24,25)26)32-34(13)11-18(17-7-28-12-29-8-17)22(35)33-9-14(6-27)10-33/h4-5,7-8,11-12,14-15H,2-3,9-10H2,1H3/b18-11+. The van der Waals surface area contributed by atoms with Crippen molar-refractivity contribution < 1.29 is 18.0 Å². The molecule has 2 aliphatic rings. The van der Waals surface area contributed by atoms with E-state index in [1.54, 1.807) is 13.0 Å². The highest BCUT2D eigenvalue weighted by Gasteiger charge is 2.36. The largest absolute Gasteiger partial charge is 0.433 e. The molecular formula is C23H19F3N8O. The Kier molecular flexibility index (Phi) is 5.55. The minimum Gasteiger partial charge on any atom is -0.336 e. The molecule has 1 saturated heterocycles. The van der Waals surface area contributed by atoms with Crippen LogP contribution in [0.15, 0.2) is 30.9 Å². The van der Waals surface area contributed by atoms with Crippen LogP contribution in [0.5, 0.6) is 0 Å². The van der Waals surface area contributed by atoms with Crippen LogP contribution in [0.1, 0.15) is 41.5 Å². The van der Waals surface area contributed by atoms with Gasteiger partial charge in [0.15, 0.2) is 5.82 Å². The van der Waals surface area contributed by atoms with E-state index >= 15 is 0 Å². The number of amides is 1. The van der Waals surface area contributed by atoms with Crippen molar-refractivity contribution in [1.82, 2.24) is 34.6 Å². The molecule has 0 aromatic carbocycles. The zero-order chi connectivity index (χ0) is 24.7. The maximum atomic E-state index is 13.5. The van der Waals surface area contributed by atoms with E-state index in [1.807, 2.05) is 0 Å². The Morgan fingerprint density at radius 3 is 2.51 bits per heavy atom. The SMILES string of the molecule is Cc1nc(-c2cc(C3CC3)nc(C(F)(F)F)c2)nn1/C=C(/C(=O)N1CC(C#N)C1)c1cncnc1. The summed E-state index contributed by atoms with van der Waals surface area (Å²) in [6.07, 6.45) is 2.75. The van der Waals surface area contributed by atoms with Gasteiger partial charge >= 0.3 is 6.18 Å². The van der Waals surface area contributed by atoms with Crippen LogP contribution in [-0.2, 0) is 11.0 Å². The predicted molar refractivity (Wildman–Crippen MR) is 117 cm³/mol. The first-order chi connectivity index (χ1) is 16.7. The summed E-state index contributed by atoms with van der Waals surface area (Å²) in [6.45, 7) is 2.26. The number of aryl methyl sites for hydroxylation is 1. The van der Waals surface area contributed by atoms with E-state index in [0.717, 1.165) is 18.9 Å². The Balaban J connectivity index is 1.53. The third kappa shape index (κ3) is 4.62. The van der Waals surface area contributed by atoms with E-state index in [1.165, 1.54) is 34.5 Å². The summed E-state index contributed by atoms with van der Waals surface area (Å²) in [7, 11) is 0. The number of pyridine rings is 1. The molecule has 2 fully saturated rings. The second-order valence-electron chi connectivity index (χ2n) is 8.57. The average molecular weight is 480 g/mol. The molecule has 0 atom stereocenters. The number of aromatic nitrogens is 6. The van der Waals surface area contributed by atoms with Crippen molar-refractivity contribution in [3.8, 4) is 17.5 Å². The van der Waals surface area contributed by atoms with Gasteiger partial charge in [-0.2, -0.15) is 18.4 Å². The molecule has 12 heteroatoms. The summed E-state index contributed by atoms with van der Waals surface area (Å²) in [5.41, 5.74) is 0.268. The van der Waals surface area contributed by atoms with Crippen LogP contribution in [0.3, 0.4) is 0 Å². The van der Waals surface area contributed by atoms with Crippen molar-refractivity contribution in [2.45, 2.75) is 31.9 Å². The van der Waals surface area contributed by atoms with Gasteiger partial charge in [0, 0.05) is 54.4 Å². The third-order valence-corrected chi connectivity index (χ3v) is 5.90. The van der Waals surface area contributed by atoms with Gasteiger partial charge < -0.3 is 4.90 Å². The lowest BCUT2D eigenvalue weighted by atomic mass is 9.99. The molecule has 1 amide bonds. The Hall–Kier alpha value is -4.14. The maximum absolute atomic E-state index is 13.5.